The molecule has 1 heterocycles. The summed E-state index contributed by atoms with van der Waals surface area (Å²) in [5.74, 6) is 1.63. The van der Waals surface area contributed by atoms with E-state index in [4.69, 9.17) is 4.74 Å². The maximum atomic E-state index is 11.9. The van der Waals surface area contributed by atoms with Crippen LogP contribution in [-0.4, -0.2) is 37.6 Å². The number of rotatable bonds is 5. The number of nitrogens with zero attached hydrogens (tertiary/aromatic N) is 1. The summed E-state index contributed by atoms with van der Waals surface area (Å²) in [5, 5.41) is 2.92. The maximum absolute atomic E-state index is 11.9. The summed E-state index contributed by atoms with van der Waals surface area (Å²) in [6.07, 6.45) is 3.12. The average Bonchev–Trinajstić information content (AvgIpc) is 2.46. The molecule has 1 aromatic rings. The zero-order valence-corrected chi connectivity index (χ0v) is 12.4. The van der Waals surface area contributed by atoms with Crippen LogP contribution < -0.4 is 10.1 Å². The van der Waals surface area contributed by atoms with Crippen molar-refractivity contribution in [3.63, 3.8) is 0 Å². The molecule has 1 atom stereocenters. The molecule has 110 valence electrons. The van der Waals surface area contributed by atoms with Crippen molar-refractivity contribution in [1.82, 2.24) is 4.90 Å². The van der Waals surface area contributed by atoms with Gasteiger partial charge in [-0.3, -0.25) is 4.79 Å². The average molecular weight is 276 g/mol. The molecular formula is C16H24N2O2. The van der Waals surface area contributed by atoms with Gasteiger partial charge in [0, 0.05) is 25.2 Å². The van der Waals surface area contributed by atoms with Crippen LogP contribution in [0, 0.1) is 5.92 Å². The second-order valence-electron chi connectivity index (χ2n) is 5.57. The first kappa shape index (κ1) is 14.9. The standard InChI is InChI=1S/C16H24N2O2/c1-13-4-3-10-18(12-13)11-9-16(19)17-14-5-7-15(20-2)8-6-14/h5-8,13H,3-4,9-12H2,1-2H3,(H,17,19)/t13-/m0/s1. The van der Waals surface area contributed by atoms with E-state index >= 15 is 0 Å². The highest BCUT2D eigenvalue weighted by Gasteiger charge is 2.16. The first-order valence-corrected chi connectivity index (χ1v) is 7.33. The first-order valence-electron chi connectivity index (χ1n) is 7.33. The normalized spacial score (nSPS) is 19.6. The lowest BCUT2D eigenvalue weighted by Crippen LogP contribution is -2.36. The maximum Gasteiger partial charge on any atom is 0.225 e. The molecule has 1 N–H and O–H groups in total. The van der Waals surface area contributed by atoms with Crippen molar-refractivity contribution in [2.24, 2.45) is 5.92 Å². The fourth-order valence-electron chi connectivity index (χ4n) is 2.65. The number of ether oxygens (including phenoxy) is 1. The van der Waals surface area contributed by atoms with Crippen LogP contribution in [0.15, 0.2) is 24.3 Å². The SMILES string of the molecule is COc1ccc(NC(=O)CCN2CCC[C@H](C)C2)cc1. The minimum Gasteiger partial charge on any atom is -0.497 e. The van der Waals surface area contributed by atoms with Crippen LogP contribution in [0.1, 0.15) is 26.2 Å². The number of hydrogen-bond acceptors (Lipinski definition) is 3. The van der Waals surface area contributed by atoms with Crippen molar-refractivity contribution in [2.75, 3.05) is 32.1 Å². The summed E-state index contributed by atoms with van der Waals surface area (Å²) < 4.78 is 5.09. The molecule has 1 amide bonds. The van der Waals surface area contributed by atoms with Gasteiger partial charge in [0.2, 0.25) is 5.91 Å². The summed E-state index contributed by atoms with van der Waals surface area (Å²) >= 11 is 0. The third-order valence-electron chi connectivity index (χ3n) is 3.77. The molecule has 1 saturated heterocycles. The van der Waals surface area contributed by atoms with Gasteiger partial charge in [-0.15, -0.1) is 0 Å². The van der Waals surface area contributed by atoms with Crippen LogP contribution in [-0.2, 0) is 4.79 Å². The quantitative estimate of drug-likeness (QED) is 0.899. The first-order chi connectivity index (χ1) is 9.67. The molecule has 4 heteroatoms. The number of methoxy groups -OCH3 is 1. The molecule has 1 aliphatic heterocycles. The zero-order chi connectivity index (χ0) is 14.4. The Hall–Kier alpha value is -1.55. The number of hydrogen-bond donors (Lipinski definition) is 1. The van der Waals surface area contributed by atoms with E-state index in [-0.39, 0.29) is 5.91 Å². The highest BCUT2D eigenvalue weighted by atomic mass is 16.5. The number of benzene rings is 1. The molecule has 1 aliphatic rings. The largest absolute Gasteiger partial charge is 0.497 e. The summed E-state index contributed by atoms with van der Waals surface area (Å²) in [5.41, 5.74) is 0.822. The van der Waals surface area contributed by atoms with Gasteiger partial charge in [0.15, 0.2) is 0 Å². The molecule has 0 spiro atoms. The van der Waals surface area contributed by atoms with Crippen LogP contribution in [0.3, 0.4) is 0 Å². The summed E-state index contributed by atoms with van der Waals surface area (Å²) in [6.45, 7) is 5.38. The molecule has 0 aromatic heterocycles. The zero-order valence-electron chi connectivity index (χ0n) is 12.4. The van der Waals surface area contributed by atoms with Crippen molar-refractivity contribution < 1.29 is 9.53 Å². The van der Waals surface area contributed by atoms with Crippen LogP contribution in [0.25, 0.3) is 0 Å². The Kier molecular flexibility index (Phi) is 5.41. The number of nitrogens with one attached hydrogen (secondary N) is 1. The van der Waals surface area contributed by atoms with Crippen molar-refractivity contribution in [3.05, 3.63) is 24.3 Å². The van der Waals surface area contributed by atoms with Crippen LogP contribution in [0.4, 0.5) is 5.69 Å². The number of piperidine rings is 1. The fraction of sp³-hybridized carbons (Fsp3) is 0.562. The third kappa shape index (κ3) is 4.53. The smallest absolute Gasteiger partial charge is 0.225 e. The van der Waals surface area contributed by atoms with Gasteiger partial charge in [-0.25, -0.2) is 0 Å². The Morgan fingerprint density at radius 1 is 1.40 bits per heavy atom. The van der Waals surface area contributed by atoms with Crippen LogP contribution in [0.2, 0.25) is 0 Å². The van der Waals surface area contributed by atoms with E-state index in [1.54, 1.807) is 7.11 Å². The van der Waals surface area contributed by atoms with Gasteiger partial charge >= 0.3 is 0 Å². The molecule has 2 rings (SSSR count). The van der Waals surface area contributed by atoms with E-state index in [1.165, 1.54) is 12.8 Å². The highest BCUT2D eigenvalue weighted by molar-refractivity contribution is 5.90. The summed E-state index contributed by atoms with van der Waals surface area (Å²) in [4.78, 5) is 14.3. The Labute approximate surface area is 121 Å². The Morgan fingerprint density at radius 2 is 2.15 bits per heavy atom. The van der Waals surface area contributed by atoms with Gasteiger partial charge in [-0.1, -0.05) is 6.92 Å². The van der Waals surface area contributed by atoms with E-state index in [2.05, 4.69) is 17.1 Å². The minimum atomic E-state index is 0.0772. The number of anilines is 1. The molecule has 0 unspecified atom stereocenters. The van der Waals surface area contributed by atoms with Crippen molar-refractivity contribution in [1.29, 1.82) is 0 Å². The number of amides is 1. The van der Waals surface area contributed by atoms with Gasteiger partial charge in [0.1, 0.15) is 5.75 Å². The second-order valence-corrected chi connectivity index (χ2v) is 5.57. The number of carbonyl (C=O) groups excluding carboxylic acids is 1. The second kappa shape index (κ2) is 7.29. The monoisotopic (exact) mass is 276 g/mol. The minimum absolute atomic E-state index is 0.0772. The highest BCUT2D eigenvalue weighted by Crippen LogP contribution is 2.17. The molecule has 1 aromatic carbocycles. The van der Waals surface area contributed by atoms with Crippen LogP contribution in [0.5, 0.6) is 5.75 Å². The Balaban J connectivity index is 1.74. The lowest BCUT2D eigenvalue weighted by Gasteiger charge is -2.30. The summed E-state index contributed by atoms with van der Waals surface area (Å²) in [7, 11) is 1.63. The van der Waals surface area contributed by atoms with Gasteiger partial charge in [-0.05, 0) is 49.6 Å². The van der Waals surface area contributed by atoms with Gasteiger partial charge in [-0.2, -0.15) is 0 Å². The Bertz CT molecular complexity index is 431. The van der Waals surface area contributed by atoms with E-state index in [1.807, 2.05) is 24.3 Å². The third-order valence-corrected chi connectivity index (χ3v) is 3.77. The molecule has 20 heavy (non-hydrogen) atoms. The lowest BCUT2D eigenvalue weighted by molar-refractivity contribution is -0.116. The van der Waals surface area contributed by atoms with Gasteiger partial charge in [0.05, 0.1) is 7.11 Å². The number of carbonyl (C=O) groups is 1. The van der Waals surface area contributed by atoms with E-state index in [0.717, 1.165) is 37.0 Å². The number of likely N-dealkylation sites (tertiary alicyclic amines) is 1. The Morgan fingerprint density at radius 3 is 2.80 bits per heavy atom. The molecular weight excluding hydrogens is 252 g/mol. The molecule has 0 bridgehead atoms. The van der Waals surface area contributed by atoms with E-state index < -0.39 is 0 Å². The fourth-order valence-corrected chi connectivity index (χ4v) is 2.65. The van der Waals surface area contributed by atoms with E-state index in [9.17, 15) is 4.79 Å². The van der Waals surface area contributed by atoms with Crippen molar-refractivity contribution in [3.8, 4) is 5.75 Å². The molecule has 0 radical (unpaired) electrons. The van der Waals surface area contributed by atoms with Gasteiger partial charge < -0.3 is 15.0 Å². The predicted octanol–water partition coefficient (Wildman–Crippen LogP) is 2.76. The molecule has 0 saturated carbocycles. The van der Waals surface area contributed by atoms with Crippen molar-refractivity contribution >= 4 is 11.6 Å². The van der Waals surface area contributed by atoms with Gasteiger partial charge in [0.25, 0.3) is 0 Å². The van der Waals surface area contributed by atoms with Crippen molar-refractivity contribution in [2.45, 2.75) is 26.2 Å². The lowest BCUT2D eigenvalue weighted by atomic mass is 10.0. The molecule has 1 fully saturated rings. The topological polar surface area (TPSA) is 41.6 Å². The van der Waals surface area contributed by atoms with E-state index in [0.29, 0.717) is 6.42 Å². The summed E-state index contributed by atoms with van der Waals surface area (Å²) in [6, 6.07) is 7.42. The predicted molar refractivity (Wildman–Crippen MR) is 81.1 cm³/mol. The van der Waals surface area contributed by atoms with Crippen LogP contribution >= 0.6 is 0 Å². The molecule has 0 aliphatic carbocycles. The molecule has 4 nitrogen and oxygen atoms in total.